The average molecular weight is 382 g/mol. The Labute approximate surface area is 154 Å². The van der Waals surface area contributed by atoms with E-state index in [-0.39, 0.29) is 0 Å². The number of rotatable bonds is 5. The number of hydrogen-bond donors (Lipinski definition) is 1. The van der Waals surface area contributed by atoms with Gasteiger partial charge in [-0.05, 0) is 48.9 Å². The van der Waals surface area contributed by atoms with Gasteiger partial charge in [0.15, 0.2) is 6.10 Å². The lowest BCUT2D eigenvalue weighted by molar-refractivity contribution is -0.148. The molecule has 0 spiro atoms. The third kappa shape index (κ3) is 6.21. The average Bonchev–Trinajstić information content (AvgIpc) is 2.52. The smallest absolute Gasteiger partial charge is 0.331 e. The Morgan fingerprint density at radius 1 is 1.16 bits per heavy atom. The van der Waals surface area contributed by atoms with Crippen LogP contribution in [0.5, 0.6) is 0 Å². The zero-order chi connectivity index (χ0) is 18.4. The van der Waals surface area contributed by atoms with Gasteiger partial charge in [-0.2, -0.15) is 0 Å². The minimum atomic E-state index is -1.04. The molecule has 0 saturated heterocycles. The molecule has 0 bridgehead atoms. The molecule has 0 saturated carbocycles. The van der Waals surface area contributed by atoms with E-state index in [4.69, 9.17) is 27.9 Å². The molecule has 0 radical (unpaired) electrons. The summed E-state index contributed by atoms with van der Waals surface area (Å²) in [5.41, 5.74) is 0.892. The molecule has 130 valence electrons. The lowest BCUT2D eigenvalue weighted by atomic mass is 10.2. The molecule has 0 aromatic heterocycles. The monoisotopic (exact) mass is 381 g/mol. The molecule has 4 nitrogen and oxygen atoms in total. The molecule has 1 N–H and O–H groups in total. The predicted octanol–water partition coefficient (Wildman–Crippen LogP) is 4.72. The molecular formula is C18H14Cl2FNO3. The van der Waals surface area contributed by atoms with Gasteiger partial charge >= 0.3 is 5.97 Å². The summed E-state index contributed by atoms with van der Waals surface area (Å²) in [5, 5.41) is 3.28. The summed E-state index contributed by atoms with van der Waals surface area (Å²) in [5.74, 6) is -1.68. The van der Waals surface area contributed by atoms with Gasteiger partial charge in [0.1, 0.15) is 5.82 Å². The lowest BCUT2D eigenvalue weighted by Crippen LogP contribution is -2.29. The first-order valence-corrected chi connectivity index (χ1v) is 8.00. The summed E-state index contributed by atoms with van der Waals surface area (Å²) in [6.45, 7) is 1.43. The zero-order valence-corrected chi connectivity index (χ0v) is 14.6. The highest BCUT2D eigenvalue weighted by Crippen LogP contribution is 2.22. The predicted molar refractivity (Wildman–Crippen MR) is 96.1 cm³/mol. The highest BCUT2D eigenvalue weighted by Gasteiger charge is 2.17. The van der Waals surface area contributed by atoms with Gasteiger partial charge in [0.2, 0.25) is 0 Å². The van der Waals surface area contributed by atoms with Crippen molar-refractivity contribution in [3.8, 4) is 0 Å². The molecule has 0 aliphatic rings. The Hall–Kier alpha value is -2.37. The fourth-order valence-electron chi connectivity index (χ4n) is 1.91. The van der Waals surface area contributed by atoms with Crippen molar-refractivity contribution in [3.63, 3.8) is 0 Å². The van der Waals surface area contributed by atoms with Crippen LogP contribution >= 0.6 is 23.2 Å². The zero-order valence-electron chi connectivity index (χ0n) is 13.1. The van der Waals surface area contributed by atoms with Crippen molar-refractivity contribution >= 4 is 46.8 Å². The highest BCUT2D eigenvalue weighted by molar-refractivity contribution is 6.35. The Kier molecular flexibility index (Phi) is 6.56. The minimum absolute atomic E-state index is 0.366. The van der Waals surface area contributed by atoms with Crippen LogP contribution in [0.1, 0.15) is 12.5 Å². The van der Waals surface area contributed by atoms with Crippen molar-refractivity contribution in [2.24, 2.45) is 0 Å². The first-order valence-electron chi connectivity index (χ1n) is 7.25. The molecule has 2 aromatic rings. The minimum Gasteiger partial charge on any atom is -0.449 e. The number of ether oxygens (including phenoxy) is 1. The third-order valence-corrected chi connectivity index (χ3v) is 3.49. The molecule has 0 heterocycles. The van der Waals surface area contributed by atoms with Crippen LogP contribution in [0.4, 0.5) is 10.1 Å². The summed E-state index contributed by atoms with van der Waals surface area (Å²) in [7, 11) is 0. The van der Waals surface area contributed by atoms with E-state index in [0.717, 1.165) is 6.08 Å². The van der Waals surface area contributed by atoms with Crippen LogP contribution in [-0.4, -0.2) is 18.0 Å². The molecule has 7 heteroatoms. The van der Waals surface area contributed by atoms with Crippen molar-refractivity contribution < 1.29 is 18.7 Å². The number of anilines is 1. The summed E-state index contributed by atoms with van der Waals surface area (Å²) < 4.78 is 18.0. The first kappa shape index (κ1) is 19.0. The number of amides is 1. The molecule has 0 unspecified atom stereocenters. The number of esters is 1. The van der Waals surface area contributed by atoms with Gasteiger partial charge in [-0.15, -0.1) is 0 Å². The van der Waals surface area contributed by atoms with Gasteiger partial charge in [0.05, 0.1) is 0 Å². The Bertz CT molecular complexity index is 803. The Morgan fingerprint density at radius 2 is 1.84 bits per heavy atom. The summed E-state index contributed by atoms with van der Waals surface area (Å²) in [6.07, 6.45) is 1.48. The fourth-order valence-corrected chi connectivity index (χ4v) is 2.44. The van der Waals surface area contributed by atoms with Gasteiger partial charge < -0.3 is 10.1 Å². The summed E-state index contributed by atoms with van der Waals surface area (Å²) in [6, 6.07) is 10.3. The van der Waals surface area contributed by atoms with Crippen LogP contribution < -0.4 is 5.32 Å². The van der Waals surface area contributed by atoms with Crippen LogP contribution in [0, 0.1) is 5.82 Å². The number of carbonyl (C=O) groups is 2. The van der Waals surface area contributed by atoms with Crippen molar-refractivity contribution in [2.45, 2.75) is 13.0 Å². The van der Waals surface area contributed by atoms with Gasteiger partial charge in [-0.3, -0.25) is 4.79 Å². The van der Waals surface area contributed by atoms with E-state index in [0.29, 0.717) is 21.3 Å². The van der Waals surface area contributed by atoms with E-state index in [1.54, 1.807) is 6.07 Å². The number of nitrogens with one attached hydrogen (secondary N) is 1. The maximum Gasteiger partial charge on any atom is 0.331 e. The van der Waals surface area contributed by atoms with Crippen LogP contribution in [-0.2, 0) is 14.3 Å². The van der Waals surface area contributed by atoms with E-state index in [1.165, 1.54) is 49.4 Å². The van der Waals surface area contributed by atoms with E-state index in [9.17, 15) is 14.0 Å². The van der Waals surface area contributed by atoms with Gasteiger partial charge in [0, 0.05) is 21.8 Å². The second-order valence-electron chi connectivity index (χ2n) is 5.11. The number of carbonyl (C=O) groups excluding carboxylic acids is 2. The molecule has 0 aliphatic heterocycles. The van der Waals surface area contributed by atoms with Gasteiger partial charge in [-0.25, -0.2) is 9.18 Å². The molecule has 2 aromatic carbocycles. The van der Waals surface area contributed by atoms with E-state index < -0.39 is 23.8 Å². The standard InChI is InChI=1S/C18H14Cl2FNO3/c1-11(18(24)22-16-9-13(19)8-14(20)10-16)25-17(23)6-5-12-3-2-4-15(21)7-12/h2-11H,1H3,(H,22,24)/b6-5+/t11-/m0/s1. The highest BCUT2D eigenvalue weighted by atomic mass is 35.5. The topological polar surface area (TPSA) is 55.4 Å². The largest absolute Gasteiger partial charge is 0.449 e. The van der Waals surface area contributed by atoms with Crippen LogP contribution in [0.2, 0.25) is 10.0 Å². The number of benzene rings is 2. The summed E-state index contributed by atoms with van der Waals surface area (Å²) >= 11 is 11.7. The van der Waals surface area contributed by atoms with Crippen LogP contribution in [0.15, 0.2) is 48.5 Å². The van der Waals surface area contributed by atoms with E-state index in [1.807, 2.05) is 0 Å². The SMILES string of the molecule is C[C@H](OC(=O)/C=C/c1cccc(F)c1)C(=O)Nc1cc(Cl)cc(Cl)c1. The second-order valence-corrected chi connectivity index (χ2v) is 5.99. The molecule has 25 heavy (non-hydrogen) atoms. The fraction of sp³-hybridized carbons (Fsp3) is 0.111. The lowest BCUT2D eigenvalue weighted by Gasteiger charge is -2.12. The summed E-state index contributed by atoms with van der Waals surface area (Å²) in [4.78, 5) is 23.8. The normalized spacial score (nSPS) is 12.0. The quantitative estimate of drug-likeness (QED) is 0.602. The van der Waals surface area contributed by atoms with E-state index in [2.05, 4.69) is 5.32 Å². The van der Waals surface area contributed by atoms with Crippen molar-refractivity contribution in [2.75, 3.05) is 5.32 Å². The van der Waals surface area contributed by atoms with Crippen molar-refractivity contribution in [1.82, 2.24) is 0 Å². The molecule has 2 rings (SSSR count). The maximum absolute atomic E-state index is 13.0. The van der Waals surface area contributed by atoms with Gasteiger partial charge in [-0.1, -0.05) is 35.3 Å². The van der Waals surface area contributed by atoms with Crippen LogP contribution in [0.25, 0.3) is 6.08 Å². The van der Waals surface area contributed by atoms with E-state index >= 15 is 0 Å². The van der Waals surface area contributed by atoms with Gasteiger partial charge in [0.25, 0.3) is 5.91 Å². The first-order chi connectivity index (χ1) is 11.8. The molecule has 1 atom stereocenters. The van der Waals surface area contributed by atoms with Crippen molar-refractivity contribution in [1.29, 1.82) is 0 Å². The second kappa shape index (κ2) is 8.65. The number of hydrogen-bond acceptors (Lipinski definition) is 3. The third-order valence-electron chi connectivity index (χ3n) is 3.05. The van der Waals surface area contributed by atoms with Crippen molar-refractivity contribution in [3.05, 3.63) is 70.0 Å². The number of halogens is 3. The molecule has 0 aliphatic carbocycles. The van der Waals surface area contributed by atoms with Crippen LogP contribution in [0.3, 0.4) is 0 Å². The Morgan fingerprint density at radius 3 is 2.48 bits per heavy atom. The molecular weight excluding hydrogens is 368 g/mol. The molecule has 1 amide bonds. The maximum atomic E-state index is 13.0. The molecule has 0 fully saturated rings. The Balaban J connectivity index is 1.92.